The van der Waals surface area contributed by atoms with Crippen LogP contribution in [0.1, 0.15) is 22.5 Å². The lowest BCUT2D eigenvalue weighted by Gasteiger charge is -2.11. The Balaban J connectivity index is 1.61. The Morgan fingerprint density at radius 1 is 1.13 bits per heavy atom. The fourth-order valence-corrected chi connectivity index (χ4v) is 2.81. The third-order valence-electron chi connectivity index (χ3n) is 4.33. The molecular weight excluding hydrogens is 399 g/mol. The van der Waals surface area contributed by atoms with E-state index in [9.17, 15) is 23.1 Å². The van der Waals surface area contributed by atoms with Crippen molar-refractivity contribution in [2.45, 2.75) is 19.0 Å². The number of carbonyl (C=O) groups excluding carboxylic acids is 1. The van der Waals surface area contributed by atoms with Crippen LogP contribution >= 0.6 is 0 Å². The number of hydrogen-bond donors (Lipinski definition) is 3. The monoisotopic (exact) mass is 417 g/mol. The number of carbonyl (C=O) groups is 1. The normalized spacial score (nSPS) is 11.8. The number of rotatable bonds is 8. The minimum Gasteiger partial charge on any atom is -0.506 e. The fraction of sp³-hybridized carbons (Fsp3) is 0.200. The number of aromatic hydroxyl groups is 1. The van der Waals surface area contributed by atoms with E-state index in [4.69, 9.17) is 5.73 Å². The SMILES string of the molecule is NC(=O)c1ccc(F)c(-c2ccc(NCC[C@H](F)Cc3ncccc3F)nn2)c1O. The molecule has 0 spiro atoms. The van der Waals surface area contributed by atoms with E-state index in [1.54, 1.807) is 0 Å². The molecule has 0 fully saturated rings. The molecule has 10 heteroatoms. The summed E-state index contributed by atoms with van der Waals surface area (Å²) in [5.41, 5.74) is 4.66. The van der Waals surface area contributed by atoms with Crippen molar-refractivity contribution < 1.29 is 23.1 Å². The van der Waals surface area contributed by atoms with Gasteiger partial charge in [0.15, 0.2) is 0 Å². The van der Waals surface area contributed by atoms with Crippen molar-refractivity contribution in [1.82, 2.24) is 15.2 Å². The van der Waals surface area contributed by atoms with Gasteiger partial charge in [-0.05, 0) is 42.8 Å². The number of benzene rings is 1. The van der Waals surface area contributed by atoms with Crippen molar-refractivity contribution in [3.05, 3.63) is 65.5 Å². The molecule has 0 unspecified atom stereocenters. The van der Waals surface area contributed by atoms with Crippen molar-refractivity contribution in [2.75, 3.05) is 11.9 Å². The van der Waals surface area contributed by atoms with Gasteiger partial charge in [0, 0.05) is 19.2 Å². The number of halogens is 3. The van der Waals surface area contributed by atoms with E-state index in [2.05, 4.69) is 20.5 Å². The predicted octanol–water partition coefficient (Wildman–Crippen LogP) is 3.00. The molecule has 0 aliphatic rings. The molecule has 7 nitrogen and oxygen atoms in total. The number of nitrogens with two attached hydrogens (primary N) is 1. The molecule has 0 aliphatic heterocycles. The highest BCUT2D eigenvalue weighted by Crippen LogP contribution is 2.33. The Kier molecular flexibility index (Phi) is 6.45. The van der Waals surface area contributed by atoms with Gasteiger partial charge in [-0.15, -0.1) is 10.2 Å². The van der Waals surface area contributed by atoms with E-state index in [0.717, 1.165) is 12.1 Å². The molecule has 1 amide bonds. The van der Waals surface area contributed by atoms with Gasteiger partial charge in [0.05, 0.1) is 22.5 Å². The minimum absolute atomic E-state index is 0.00681. The first-order valence-corrected chi connectivity index (χ1v) is 8.99. The summed E-state index contributed by atoms with van der Waals surface area (Å²) in [6.07, 6.45) is 0.0282. The Labute approximate surface area is 169 Å². The first-order chi connectivity index (χ1) is 14.4. The molecule has 1 atom stereocenters. The summed E-state index contributed by atoms with van der Waals surface area (Å²) in [6, 6.07) is 7.58. The Bertz CT molecular complexity index is 1050. The van der Waals surface area contributed by atoms with Gasteiger partial charge in [0.25, 0.3) is 5.91 Å². The molecule has 0 saturated heterocycles. The van der Waals surface area contributed by atoms with Gasteiger partial charge in [0.1, 0.15) is 29.4 Å². The summed E-state index contributed by atoms with van der Waals surface area (Å²) >= 11 is 0. The summed E-state index contributed by atoms with van der Waals surface area (Å²) in [6.45, 7) is 0.195. The minimum atomic E-state index is -1.31. The summed E-state index contributed by atoms with van der Waals surface area (Å²) in [7, 11) is 0. The van der Waals surface area contributed by atoms with Crippen molar-refractivity contribution in [3.8, 4) is 17.0 Å². The first kappa shape index (κ1) is 21.0. The molecule has 2 heterocycles. The number of pyridine rings is 1. The van der Waals surface area contributed by atoms with Gasteiger partial charge in [-0.25, -0.2) is 13.2 Å². The lowest BCUT2D eigenvalue weighted by molar-refractivity contribution is 0.0997. The number of amides is 1. The summed E-state index contributed by atoms with van der Waals surface area (Å²) in [5.74, 6) is -2.59. The van der Waals surface area contributed by atoms with Crippen LogP contribution in [-0.4, -0.2) is 38.9 Å². The average molecular weight is 417 g/mol. The van der Waals surface area contributed by atoms with E-state index < -0.39 is 29.5 Å². The molecule has 156 valence electrons. The van der Waals surface area contributed by atoms with Crippen LogP contribution in [0.25, 0.3) is 11.3 Å². The summed E-state index contributed by atoms with van der Waals surface area (Å²) in [5, 5.41) is 20.7. The number of nitrogens with zero attached hydrogens (tertiary/aromatic N) is 3. The highest BCUT2D eigenvalue weighted by atomic mass is 19.1. The maximum Gasteiger partial charge on any atom is 0.252 e. The van der Waals surface area contributed by atoms with Crippen LogP contribution in [0.5, 0.6) is 5.75 Å². The third-order valence-corrected chi connectivity index (χ3v) is 4.33. The average Bonchev–Trinajstić information content (AvgIpc) is 2.70. The maximum atomic E-state index is 14.1. The zero-order chi connectivity index (χ0) is 21.7. The number of alkyl halides is 1. The van der Waals surface area contributed by atoms with E-state index in [1.165, 1.54) is 30.5 Å². The van der Waals surface area contributed by atoms with Gasteiger partial charge < -0.3 is 16.2 Å². The third kappa shape index (κ3) is 4.83. The van der Waals surface area contributed by atoms with Crippen molar-refractivity contribution in [1.29, 1.82) is 0 Å². The molecule has 0 aliphatic carbocycles. The topological polar surface area (TPSA) is 114 Å². The lowest BCUT2D eigenvalue weighted by atomic mass is 10.0. The highest BCUT2D eigenvalue weighted by molar-refractivity contribution is 5.98. The number of phenols is 1. The second-order valence-electron chi connectivity index (χ2n) is 6.44. The zero-order valence-electron chi connectivity index (χ0n) is 15.6. The smallest absolute Gasteiger partial charge is 0.252 e. The van der Waals surface area contributed by atoms with Gasteiger partial charge in [-0.2, -0.15) is 0 Å². The van der Waals surface area contributed by atoms with Crippen molar-refractivity contribution >= 4 is 11.7 Å². The Morgan fingerprint density at radius 3 is 2.60 bits per heavy atom. The molecule has 3 rings (SSSR count). The quantitative estimate of drug-likeness (QED) is 0.519. The number of nitrogens with one attached hydrogen (secondary N) is 1. The van der Waals surface area contributed by atoms with Crippen LogP contribution in [0.4, 0.5) is 19.0 Å². The van der Waals surface area contributed by atoms with Crippen LogP contribution in [0, 0.1) is 11.6 Å². The largest absolute Gasteiger partial charge is 0.506 e. The van der Waals surface area contributed by atoms with Gasteiger partial charge >= 0.3 is 0 Å². The van der Waals surface area contributed by atoms with Crippen molar-refractivity contribution in [2.24, 2.45) is 5.73 Å². The molecule has 0 saturated carbocycles. The molecule has 0 bridgehead atoms. The lowest BCUT2D eigenvalue weighted by Crippen LogP contribution is -2.14. The second-order valence-corrected chi connectivity index (χ2v) is 6.44. The van der Waals surface area contributed by atoms with Gasteiger partial charge in [-0.3, -0.25) is 9.78 Å². The number of hydrogen-bond acceptors (Lipinski definition) is 6. The molecule has 4 N–H and O–H groups in total. The first-order valence-electron chi connectivity index (χ1n) is 8.99. The Morgan fingerprint density at radius 2 is 1.93 bits per heavy atom. The number of anilines is 1. The zero-order valence-corrected chi connectivity index (χ0v) is 15.6. The van der Waals surface area contributed by atoms with E-state index in [0.29, 0.717) is 5.82 Å². The standard InChI is InChI=1S/C20H18F3N5O2/c21-11(10-16-13(22)2-1-8-25-16)7-9-26-17-6-5-15(27-28-17)18-14(23)4-3-12(19(18)29)20(24)30/h1-6,8,11,29H,7,9-10H2,(H2,24,30)(H,26,28)/t11-/m0/s1. The second kappa shape index (κ2) is 9.21. The maximum absolute atomic E-state index is 14.1. The number of primary amides is 1. The fourth-order valence-electron chi connectivity index (χ4n) is 2.81. The molecular formula is C20H18F3N5O2. The van der Waals surface area contributed by atoms with Crippen molar-refractivity contribution in [3.63, 3.8) is 0 Å². The van der Waals surface area contributed by atoms with Gasteiger partial charge in [-0.1, -0.05) is 0 Å². The van der Waals surface area contributed by atoms with Crippen LogP contribution in [0.15, 0.2) is 42.6 Å². The van der Waals surface area contributed by atoms with Crippen LogP contribution in [0.2, 0.25) is 0 Å². The summed E-state index contributed by atoms with van der Waals surface area (Å²) < 4.78 is 41.7. The number of aromatic nitrogens is 3. The Hall–Kier alpha value is -3.69. The molecule has 3 aromatic rings. The molecule has 0 radical (unpaired) electrons. The molecule has 2 aromatic heterocycles. The molecule has 1 aromatic carbocycles. The van der Waals surface area contributed by atoms with Crippen LogP contribution in [-0.2, 0) is 6.42 Å². The van der Waals surface area contributed by atoms with Crippen LogP contribution in [0.3, 0.4) is 0 Å². The van der Waals surface area contributed by atoms with E-state index in [1.807, 2.05) is 0 Å². The van der Waals surface area contributed by atoms with Gasteiger partial charge in [0.2, 0.25) is 0 Å². The van der Waals surface area contributed by atoms with E-state index in [-0.39, 0.29) is 41.9 Å². The predicted molar refractivity (Wildman–Crippen MR) is 104 cm³/mol. The van der Waals surface area contributed by atoms with Crippen LogP contribution < -0.4 is 11.1 Å². The molecule has 30 heavy (non-hydrogen) atoms. The summed E-state index contributed by atoms with van der Waals surface area (Å²) in [4.78, 5) is 15.1. The van der Waals surface area contributed by atoms with E-state index >= 15 is 0 Å². The highest BCUT2D eigenvalue weighted by Gasteiger charge is 2.19.